The highest BCUT2D eigenvalue weighted by molar-refractivity contribution is 5.95. The molecule has 0 radical (unpaired) electrons. The standard InChI is InChI=1S/C20H27N3O2/c1-13-12-22(9-10-23(13)14-5-4-6-14)20(25)18-11-17(18)15-7-2-3-8-16(15)19(21)24/h2-3,7-8,13-14,17-18H,4-6,9-12H2,1H3,(H2,21,24)/t13-,17-,18+/m0/s1. The van der Waals surface area contributed by atoms with Crippen LogP contribution in [0.25, 0.3) is 0 Å². The van der Waals surface area contributed by atoms with Gasteiger partial charge in [0.05, 0.1) is 0 Å². The predicted molar refractivity (Wildman–Crippen MR) is 96.2 cm³/mol. The fourth-order valence-corrected chi connectivity index (χ4v) is 4.52. The average molecular weight is 341 g/mol. The van der Waals surface area contributed by atoms with E-state index in [9.17, 15) is 9.59 Å². The molecule has 1 aromatic carbocycles. The normalized spacial score (nSPS) is 30.0. The van der Waals surface area contributed by atoms with E-state index in [-0.39, 0.29) is 17.7 Å². The summed E-state index contributed by atoms with van der Waals surface area (Å²) in [6.07, 6.45) is 4.81. The molecule has 25 heavy (non-hydrogen) atoms. The number of primary amides is 1. The highest BCUT2D eigenvalue weighted by atomic mass is 16.2. The van der Waals surface area contributed by atoms with Crippen LogP contribution in [0.15, 0.2) is 24.3 Å². The van der Waals surface area contributed by atoms with Crippen molar-refractivity contribution in [2.24, 2.45) is 11.7 Å². The largest absolute Gasteiger partial charge is 0.366 e. The van der Waals surface area contributed by atoms with Gasteiger partial charge in [-0.3, -0.25) is 14.5 Å². The van der Waals surface area contributed by atoms with Gasteiger partial charge in [-0.1, -0.05) is 24.6 Å². The molecule has 1 aliphatic heterocycles. The topological polar surface area (TPSA) is 66.6 Å². The summed E-state index contributed by atoms with van der Waals surface area (Å²) in [6.45, 7) is 4.90. The number of nitrogens with zero attached hydrogens (tertiary/aromatic N) is 2. The smallest absolute Gasteiger partial charge is 0.248 e. The Morgan fingerprint density at radius 2 is 1.92 bits per heavy atom. The molecule has 0 aromatic heterocycles. The van der Waals surface area contributed by atoms with Crippen molar-refractivity contribution in [2.75, 3.05) is 19.6 Å². The summed E-state index contributed by atoms with van der Waals surface area (Å²) in [5, 5.41) is 0. The summed E-state index contributed by atoms with van der Waals surface area (Å²) in [4.78, 5) is 29.2. The van der Waals surface area contributed by atoms with Crippen LogP contribution in [0.5, 0.6) is 0 Å². The maximum absolute atomic E-state index is 12.9. The number of hydrogen-bond acceptors (Lipinski definition) is 3. The van der Waals surface area contributed by atoms with E-state index in [0.717, 1.165) is 37.7 Å². The minimum atomic E-state index is -0.406. The van der Waals surface area contributed by atoms with Crippen molar-refractivity contribution in [3.8, 4) is 0 Å². The minimum Gasteiger partial charge on any atom is -0.366 e. The fraction of sp³-hybridized carbons (Fsp3) is 0.600. The van der Waals surface area contributed by atoms with Gasteiger partial charge in [0.2, 0.25) is 11.8 Å². The Kier molecular flexibility index (Phi) is 4.28. The molecule has 2 aliphatic carbocycles. The number of benzene rings is 1. The summed E-state index contributed by atoms with van der Waals surface area (Å²) in [5.41, 5.74) is 6.99. The van der Waals surface area contributed by atoms with E-state index >= 15 is 0 Å². The van der Waals surface area contributed by atoms with Crippen LogP contribution in [0.4, 0.5) is 0 Å². The third kappa shape index (κ3) is 3.06. The Balaban J connectivity index is 1.39. The first-order valence-corrected chi connectivity index (χ1v) is 9.49. The van der Waals surface area contributed by atoms with Crippen LogP contribution in [0, 0.1) is 5.92 Å². The zero-order chi connectivity index (χ0) is 17.6. The van der Waals surface area contributed by atoms with E-state index in [1.165, 1.54) is 19.3 Å². The lowest BCUT2D eigenvalue weighted by molar-refractivity contribution is -0.136. The van der Waals surface area contributed by atoms with Gasteiger partial charge in [-0.15, -0.1) is 0 Å². The summed E-state index contributed by atoms with van der Waals surface area (Å²) < 4.78 is 0. The number of piperazine rings is 1. The summed E-state index contributed by atoms with van der Waals surface area (Å²) >= 11 is 0. The van der Waals surface area contributed by atoms with Gasteiger partial charge in [-0.2, -0.15) is 0 Å². The summed E-state index contributed by atoms with van der Waals surface area (Å²) in [6, 6.07) is 8.62. The molecule has 3 fully saturated rings. The number of nitrogens with two attached hydrogens (primary N) is 1. The average Bonchev–Trinajstić information content (AvgIpc) is 3.35. The summed E-state index contributed by atoms with van der Waals surface area (Å²) in [7, 11) is 0. The van der Waals surface area contributed by atoms with Crippen molar-refractivity contribution >= 4 is 11.8 Å². The summed E-state index contributed by atoms with van der Waals surface area (Å²) in [5.74, 6) is 0.0138. The van der Waals surface area contributed by atoms with Gasteiger partial charge in [-0.05, 0) is 43.7 Å². The van der Waals surface area contributed by atoms with Gasteiger partial charge >= 0.3 is 0 Å². The fourth-order valence-electron chi connectivity index (χ4n) is 4.52. The second kappa shape index (κ2) is 6.45. The molecule has 3 atom stereocenters. The van der Waals surface area contributed by atoms with Crippen LogP contribution in [0.3, 0.4) is 0 Å². The molecule has 0 unspecified atom stereocenters. The van der Waals surface area contributed by atoms with E-state index in [0.29, 0.717) is 11.6 Å². The molecule has 5 nitrogen and oxygen atoms in total. The van der Waals surface area contributed by atoms with Gasteiger partial charge < -0.3 is 10.6 Å². The minimum absolute atomic E-state index is 0.0166. The Hall–Kier alpha value is -1.88. The van der Waals surface area contributed by atoms with E-state index in [2.05, 4.69) is 11.8 Å². The monoisotopic (exact) mass is 341 g/mol. The van der Waals surface area contributed by atoms with Crippen molar-refractivity contribution in [3.05, 3.63) is 35.4 Å². The molecule has 0 spiro atoms. The number of carbonyl (C=O) groups is 2. The predicted octanol–water partition coefficient (Wildman–Crippen LogP) is 1.97. The molecule has 2 amide bonds. The van der Waals surface area contributed by atoms with Gasteiger partial charge in [0, 0.05) is 43.2 Å². The quantitative estimate of drug-likeness (QED) is 0.910. The first-order valence-electron chi connectivity index (χ1n) is 9.49. The lowest BCUT2D eigenvalue weighted by Gasteiger charge is -2.47. The van der Waals surface area contributed by atoms with Gasteiger partial charge in [0.15, 0.2) is 0 Å². The Labute approximate surface area is 149 Å². The number of hydrogen-bond donors (Lipinski definition) is 1. The Bertz CT molecular complexity index is 685. The van der Waals surface area contributed by atoms with Gasteiger partial charge in [-0.25, -0.2) is 0 Å². The number of carbonyl (C=O) groups excluding carboxylic acids is 2. The zero-order valence-corrected chi connectivity index (χ0v) is 14.9. The maximum Gasteiger partial charge on any atom is 0.248 e. The maximum atomic E-state index is 12.9. The zero-order valence-electron chi connectivity index (χ0n) is 14.9. The number of amides is 2. The second-order valence-electron chi connectivity index (χ2n) is 7.86. The van der Waals surface area contributed by atoms with Crippen molar-refractivity contribution < 1.29 is 9.59 Å². The molecule has 5 heteroatoms. The molecule has 134 valence electrons. The Morgan fingerprint density at radius 1 is 1.16 bits per heavy atom. The molecule has 3 aliphatic rings. The molecule has 1 saturated heterocycles. The van der Waals surface area contributed by atoms with Crippen LogP contribution in [0.2, 0.25) is 0 Å². The van der Waals surface area contributed by atoms with Crippen molar-refractivity contribution in [1.29, 1.82) is 0 Å². The van der Waals surface area contributed by atoms with E-state index in [4.69, 9.17) is 5.73 Å². The molecule has 1 heterocycles. The molecular formula is C20H27N3O2. The van der Waals surface area contributed by atoms with Gasteiger partial charge in [0.1, 0.15) is 0 Å². The molecular weight excluding hydrogens is 314 g/mol. The van der Waals surface area contributed by atoms with Crippen LogP contribution < -0.4 is 5.73 Å². The van der Waals surface area contributed by atoms with Crippen LogP contribution in [0.1, 0.15) is 54.4 Å². The van der Waals surface area contributed by atoms with Crippen LogP contribution >= 0.6 is 0 Å². The van der Waals surface area contributed by atoms with Crippen LogP contribution in [-0.2, 0) is 4.79 Å². The van der Waals surface area contributed by atoms with E-state index in [1.54, 1.807) is 6.07 Å². The van der Waals surface area contributed by atoms with E-state index < -0.39 is 5.91 Å². The first-order chi connectivity index (χ1) is 12.1. The second-order valence-corrected chi connectivity index (χ2v) is 7.86. The molecule has 0 bridgehead atoms. The molecule has 2 N–H and O–H groups in total. The van der Waals surface area contributed by atoms with Crippen molar-refractivity contribution in [2.45, 2.75) is 50.6 Å². The number of rotatable bonds is 4. The molecule has 2 saturated carbocycles. The highest BCUT2D eigenvalue weighted by Crippen LogP contribution is 2.49. The molecule has 4 rings (SSSR count). The van der Waals surface area contributed by atoms with E-state index in [1.807, 2.05) is 23.1 Å². The van der Waals surface area contributed by atoms with Gasteiger partial charge in [0.25, 0.3) is 0 Å². The highest BCUT2D eigenvalue weighted by Gasteiger charge is 2.48. The molecule has 1 aromatic rings. The van der Waals surface area contributed by atoms with Crippen molar-refractivity contribution in [3.63, 3.8) is 0 Å². The van der Waals surface area contributed by atoms with Crippen LogP contribution in [-0.4, -0.2) is 53.3 Å². The third-order valence-corrected chi connectivity index (χ3v) is 6.27. The lowest BCUT2D eigenvalue weighted by Crippen LogP contribution is -2.58. The Morgan fingerprint density at radius 3 is 2.56 bits per heavy atom. The van der Waals surface area contributed by atoms with Crippen molar-refractivity contribution in [1.82, 2.24) is 9.80 Å². The SMILES string of the molecule is C[C@H]1CN(C(=O)[C@@H]2C[C@H]2c2ccccc2C(N)=O)CCN1C1CCC1. The lowest BCUT2D eigenvalue weighted by atomic mass is 9.89. The first kappa shape index (κ1) is 16.6. The third-order valence-electron chi connectivity index (χ3n) is 6.27.